The number of hydrogen-bond donors (Lipinski definition) is 2. The lowest BCUT2D eigenvalue weighted by Crippen LogP contribution is -2.54. The molecule has 4 heteroatoms. The zero-order chi connectivity index (χ0) is 19.6. The summed E-state index contributed by atoms with van der Waals surface area (Å²) in [6, 6.07) is 14.2. The van der Waals surface area contributed by atoms with E-state index in [1.807, 2.05) is 18.2 Å². The predicted octanol–water partition coefficient (Wildman–Crippen LogP) is 5.30. The molecular formula is C25H27ClN2O. The Labute approximate surface area is 176 Å². The number of nitrogens with zero attached hydrogens (tertiary/aromatic N) is 1. The van der Waals surface area contributed by atoms with Crippen molar-refractivity contribution in [3.05, 3.63) is 64.3 Å². The van der Waals surface area contributed by atoms with E-state index in [9.17, 15) is 5.11 Å². The second-order valence-electron chi connectivity index (χ2n) is 9.51. The van der Waals surface area contributed by atoms with Crippen molar-refractivity contribution < 1.29 is 5.11 Å². The van der Waals surface area contributed by atoms with Crippen LogP contribution in [0.15, 0.2) is 42.5 Å². The van der Waals surface area contributed by atoms with Gasteiger partial charge >= 0.3 is 0 Å². The molecule has 2 aliphatic carbocycles. The number of rotatable bonds is 3. The van der Waals surface area contributed by atoms with Crippen LogP contribution >= 0.6 is 11.6 Å². The minimum Gasteiger partial charge on any atom is -0.508 e. The smallest absolute Gasteiger partial charge is 0.115 e. The van der Waals surface area contributed by atoms with Crippen LogP contribution in [-0.4, -0.2) is 34.6 Å². The summed E-state index contributed by atoms with van der Waals surface area (Å²) < 4.78 is 0. The molecule has 6 rings (SSSR count). The zero-order valence-electron chi connectivity index (χ0n) is 16.6. The van der Waals surface area contributed by atoms with Crippen LogP contribution in [0.4, 0.5) is 0 Å². The average molecular weight is 407 g/mol. The van der Waals surface area contributed by atoms with Crippen LogP contribution < -0.4 is 0 Å². The maximum absolute atomic E-state index is 10.2. The van der Waals surface area contributed by atoms with Gasteiger partial charge in [-0.25, -0.2) is 0 Å². The highest BCUT2D eigenvalue weighted by Crippen LogP contribution is 2.50. The SMILES string of the molecule is Oc1cccc(C23CCN(CC4CC4)CC2Cc2c([nH]c4ccc(Cl)cc24)C3)c1. The number of fused-ring (bicyclic) bond motifs is 4. The van der Waals surface area contributed by atoms with Crippen molar-refractivity contribution in [3.8, 4) is 5.75 Å². The number of piperidine rings is 1. The fourth-order valence-corrected chi connectivity index (χ4v) is 6.15. The van der Waals surface area contributed by atoms with Crippen LogP contribution in [0.25, 0.3) is 10.9 Å². The fraction of sp³-hybridized carbons (Fsp3) is 0.440. The van der Waals surface area contributed by atoms with Crippen molar-refractivity contribution >= 4 is 22.5 Å². The number of H-pyrrole nitrogens is 1. The summed E-state index contributed by atoms with van der Waals surface area (Å²) >= 11 is 6.33. The molecule has 2 heterocycles. The van der Waals surface area contributed by atoms with Crippen LogP contribution in [-0.2, 0) is 18.3 Å². The molecule has 0 spiro atoms. The van der Waals surface area contributed by atoms with Gasteiger partial charge in [-0.3, -0.25) is 0 Å². The molecule has 0 radical (unpaired) electrons. The van der Waals surface area contributed by atoms with Gasteiger partial charge in [0.25, 0.3) is 0 Å². The summed E-state index contributed by atoms with van der Waals surface area (Å²) in [6.45, 7) is 3.57. The molecule has 2 atom stereocenters. The van der Waals surface area contributed by atoms with Gasteiger partial charge in [0.15, 0.2) is 0 Å². The lowest BCUT2D eigenvalue weighted by Gasteiger charge is -2.51. The first-order valence-corrected chi connectivity index (χ1v) is 11.3. The van der Waals surface area contributed by atoms with Crippen LogP contribution in [0.3, 0.4) is 0 Å². The Morgan fingerprint density at radius 1 is 1.17 bits per heavy atom. The van der Waals surface area contributed by atoms with E-state index in [1.54, 1.807) is 6.07 Å². The standard InChI is InChI=1S/C25H27ClN2O/c26-19-6-7-23-22(12-19)21-11-18-15-28(14-16-4-5-16)9-8-25(18,13-24(21)27-23)17-2-1-3-20(29)10-17/h1-3,6-7,10,12,16,18,27,29H,4-5,8-9,11,13-15H2. The number of benzene rings is 2. The van der Waals surface area contributed by atoms with E-state index in [0.29, 0.717) is 11.7 Å². The number of aromatic nitrogens is 1. The van der Waals surface area contributed by atoms with Crippen molar-refractivity contribution in [2.45, 2.75) is 37.5 Å². The molecule has 3 nitrogen and oxygen atoms in total. The molecule has 2 N–H and O–H groups in total. The van der Waals surface area contributed by atoms with E-state index in [2.05, 4.69) is 28.1 Å². The summed E-state index contributed by atoms with van der Waals surface area (Å²) in [6.07, 6.45) is 6.06. The maximum Gasteiger partial charge on any atom is 0.115 e. The van der Waals surface area contributed by atoms with E-state index in [1.165, 1.54) is 47.1 Å². The Kier molecular flexibility index (Phi) is 4.01. The molecule has 3 aromatic rings. The van der Waals surface area contributed by atoms with Gasteiger partial charge in [0, 0.05) is 40.1 Å². The number of likely N-dealkylation sites (tertiary alicyclic amines) is 1. The van der Waals surface area contributed by atoms with Gasteiger partial charge in [-0.05, 0) is 91.9 Å². The second kappa shape index (κ2) is 6.52. The number of phenolic OH excluding ortho intramolecular Hbond substituents is 1. The average Bonchev–Trinajstić information content (AvgIpc) is 3.46. The molecule has 0 bridgehead atoms. The summed E-state index contributed by atoms with van der Waals surface area (Å²) in [5, 5.41) is 12.3. The lowest BCUT2D eigenvalue weighted by molar-refractivity contribution is 0.0783. The highest BCUT2D eigenvalue weighted by Gasteiger charge is 2.48. The van der Waals surface area contributed by atoms with Crippen LogP contribution in [0.5, 0.6) is 5.75 Å². The first-order chi connectivity index (χ1) is 14.1. The number of halogens is 1. The van der Waals surface area contributed by atoms with Gasteiger partial charge in [0.05, 0.1) is 0 Å². The van der Waals surface area contributed by atoms with E-state index in [-0.39, 0.29) is 5.41 Å². The molecule has 0 amide bonds. The molecule has 1 saturated carbocycles. The lowest BCUT2D eigenvalue weighted by atomic mass is 9.58. The minimum atomic E-state index is 0.0937. The number of hydrogen-bond acceptors (Lipinski definition) is 2. The number of aromatic hydroxyl groups is 1. The number of aromatic amines is 1. The van der Waals surface area contributed by atoms with Crippen LogP contribution in [0, 0.1) is 11.8 Å². The van der Waals surface area contributed by atoms with E-state index in [4.69, 9.17) is 11.6 Å². The van der Waals surface area contributed by atoms with Crippen molar-refractivity contribution in [1.82, 2.24) is 9.88 Å². The number of nitrogens with one attached hydrogen (secondary N) is 1. The molecule has 150 valence electrons. The first-order valence-electron chi connectivity index (χ1n) is 10.9. The fourth-order valence-electron chi connectivity index (χ4n) is 5.98. The molecule has 2 aromatic carbocycles. The molecule has 1 aromatic heterocycles. The zero-order valence-corrected chi connectivity index (χ0v) is 17.4. The first kappa shape index (κ1) is 17.9. The van der Waals surface area contributed by atoms with Crippen LogP contribution in [0.2, 0.25) is 5.02 Å². The minimum absolute atomic E-state index is 0.0937. The Morgan fingerprint density at radius 2 is 2.07 bits per heavy atom. The molecular weight excluding hydrogens is 380 g/mol. The normalized spacial score (nSPS) is 27.0. The Morgan fingerprint density at radius 3 is 2.90 bits per heavy atom. The molecule has 1 saturated heterocycles. The topological polar surface area (TPSA) is 39.3 Å². The molecule has 2 fully saturated rings. The van der Waals surface area contributed by atoms with Gasteiger partial charge in [-0.1, -0.05) is 23.7 Å². The highest BCUT2D eigenvalue weighted by molar-refractivity contribution is 6.31. The Balaban J connectivity index is 1.45. The summed E-state index contributed by atoms with van der Waals surface area (Å²) in [7, 11) is 0. The summed E-state index contributed by atoms with van der Waals surface area (Å²) in [5.74, 6) is 1.86. The van der Waals surface area contributed by atoms with E-state index < -0.39 is 0 Å². The van der Waals surface area contributed by atoms with Gasteiger partial charge in [-0.15, -0.1) is 0 Å². The van der Waals surface area contributed by atoms with Gasteiger partial charge in [0.1, 0.15) is 5.75 Å². The molecule has 3 aliphatic rings. The molecule has 29 heavy (non-hydrogen) atoms. The van der Waals surface area contributed by atoms with Crippen LogP contribution in [0.1, 0.15) is 36.1 Å². The highest BCUT2D eigenvalue weighted by atomic mass is 35.5. The van der Waals surface area contributed by atoms with Gasteiger partial charge < -0.3 is 15.0 Å². The number of phenols is 1. The third kappa shape index (κ3) is 2.98. The van der Waals surface area contributed by atoms with Crippen molar-refractivity contribution in [1.29, 1.82) is 0 Å². The quantitative estimate of drug-likeness (QED) is 0.619. The monoisotopic (exact) mass is 406 g/mol. The van der Waals surface area contributed by atoms with Crippen molar-refractivity contribution in [2.24, 2.45) is 11.8 Å². The maximum atomic E-state index is 10.2. The summed E-state index contributed by atoms with van der Waals surface area (Å²) in [5.41, 5.74) is 5.40. The van der Waals surface area contributed by atoms with Crippen molar-refractivity contribution in [3.63, 3.8) is 0 Å². The van der Waals surface area contributed by atoms with E-state index >= 15 is 0 Å². The largest absolute Gasteiger partial charge is 0.508 e. The van der Waals surface area contributed by atoms with Gasteiger partial charge in [0.2, 0.25) is 0 Å². The molecule has 1 aliphatic heterocycles. The third-order valence-electron chi connectivity index (χ3n) is 7.67. The van der Waals surface area contributed by atoms with Gasteiger partial charge in [-0.2, -0.15) is 0 Å². The van der Waals surface area contributed by atoms with Crippen molar-refractivity contribution in [2.75, 3.05) is 19.6 Å². The summed E-state index contributed by atoms with van der Waals surface area (Å²) in [4.78, 5) is 6.41. The third-order valence-corrected chi connectivity index (χ3v) is 7.90. The Hall–Kier alpha value is -1.97. The Bertz CT molecular complexity index is 1090. The molecule has 2 unspecified atom stereocenters. The second-order valence-corrected chi connectivity index (χ2v) is 9.95. The predicted molar refractivity (Wildman–Crippen MR) is 118 cm³/mol. The van der Waals surface area contributed by atoms with E-state index in [0.717, 1.165) is 43.3 Å².